The quantitative estimate of drug-likeness (QED) is 0.784. The van der Waals surface area contributed by atoms with E-state index in [0.717, 1.165) is 5.56 Å². The van der Waals surface area contributed by atoms with Gasteiger partial charge in [-0.2, -0.15) is 0 Å². The number of methoxy groups -OCH3 is 1. The van der Waals surface area contributed by atoms with Gasteiger partial charge in [0.05, 0.1) is 13.2 Å². The van der Waals surface area contributed by atoms with Gasteiger partial charge in [-0.15, -0.1) is 0 Å². The second-order valence-corrected chi connectivity index (χ2v) is 5.55. The average molecular weight is 291 g/mol. The summed E-state index contributed by atoms with van der Waals surface area (Å²) in [5.74, 6) is 1.71. The molecular weight excluding hydrogens is 266 g/mol. The summed E-state index contributed by atoms with van der Waals surface area (Å²) in [5, 5.41) is 2.84. The third-order valence-corrected chi connectivity index (χ3v) is 2.66. The summed E-state index contributed by atoms with van der Waals surface area (Å²) in [5.41, 5.74) is 0.891. The highest BCUT2D eigenvalue weighted by atomic mass is 16.5. The predicted molar refractivity (Wildman–Crippen MR) is 85.6 cm³/mol. The van der Waals surface area contributed by atoms with Crippen LogP contribution in [0.5, 0.6) is 11.5 Å². The molecule has 0 aliphatic rings. The molecule has 0 aliphatic heterocycles. The number of hydrogen-bond donors (Lipinski definition) is 1. The lowest BCUT2D eigenvalue weighted by molar-refractivity contribution is -0.116. The molecule has 1 amide bonds. The summed E-state index contributed by atoms with van der Waals surface area (Å²) in [6.07, 6.45) is 3.37. The molecule has 0 aromatic heterocycles. The van der Waals surface area contributed by atoms with Gasteiger partial charge >= 0.3 is 0 Å². The van der Waals surface area contributed by atoms with Crippen molar-refractivity contribution in [3.63, 3.8) is 0 Å². The van der Waals surface area contributed by atoms with Gasteiger partial charge < -0.3 is 14.8 Å². The summed E-state index contributed by atoms with van der Waals surface area (Å²) >= 11 is 0. The molecule has 0 aliphatic carbocycles. The van der Waals surface area contributed by atoms with Crippen LogP contribution in [-0.4, -0.2) is 25.7 Å². The van der Waals surface area contributed by atoms with Gasteiger partial charge in [0.2, 0.25) is 5.91 Å². The van der Waals surface area contributed by atoms with Gasteiger partial charge in [0, 0.05) is 12.6 Å². The fourth-order valence-corrected chi connectivity index (χ4v) is 1.67. The maximum atomic E-state index is 11.6. The average Bonchev–Trinajstić information content (AvgIpc) is 2.43. The number of benzene rings is 1. The lowest BCUT2D eigenvalue weighted by Gasteiger charge is -2.13. The van der Waals surface area contributed by atoms with Crippen LogP contribution in [0.4, 0.5) is 0 Å². The van der Waals surface area contributed by atoms with Gasteiger partial charge in [0.1, 0.15) is 0 Å². The first-order valence-electron chi connectivity index (χ1n) is 7.23. The Labute approximate surface area is 127 Å². The first-order chi connectivity index (χ1) is 9.92. The molecule has 0 radical (unpaired) electrons. The highest BCUT2D eigenvalue weighted by molar-refractivity contribution is 5.91. The van der Waals surface area contributed by atoms with E-state index in [9.17, 15) is 4.79 Å². The molecule has 0 spiro atoms. The van der Waals surface area contributed by atoms with Crippen LogP contribution in [0.3, 0.4) is 0 Å². The second-order valence-electron chi connectivity index (χ2n) is 5.55. The molecule has 1 aromatic carbocycles. The number of nitrogens with one attached hydrogen (secondary N) is 1. The Kier molecular flexibility index (Phi) is 6.79. The number of amides is 1. The van der Waals surface area contributed by atoms with Crippen molar-refractivity contribution in [3.05, 3.63) is 29.8 Å². The van der Waals surface area contributed by atoms with Crippen LogP contribution in [0.1, 0.15) is 33.3 Å². The molecule has 4 heteroatoms. The zero-order chi connectivity index (χ0) is 15.8. The maximum Gasteiger partial charge on any atom is 0.244 e. The smallest absolute Gasteiger partial charge is 0.244 e. The Hall–Kier alpha value is -1.97. The molecule has 1 N–H and O–H groups in total. The molecule has 116 valence electrons. The van der Waals surface area contributed by atoms with E-state index in [-0.39, 0.29) is 12.0 Å². The Morgan fingerprint density at radius 3 is 2.52 bits per heavy atom. The number of hydrogen-bond acceptors (Lipinski definition) is 3. The third kappa shape index (κ3) is 6.34. The van der Waals surface area contributed by atoms with Gasteiger partial charge in [-0.25, -0.2) is 0 Å². The number of carbonyl (C=O) groups excluding carboxylic acids is 1. The van der Waals surface area contributed by atoms with Crippen molar-refractivity contribution in [3.8, 4) is 11.5 Å². The molecule has 0 heterocycles. The third-order valence-electron chi connectivity index (χ3n) is 2.66. The van der Waals surface area contributed by atoms with Gasteiger partial charge in [0.15, 0.2) is 11.5 Å². The van der Waals surface area contributed by atoms with Crippen LogP contribution < -0.4 is 14.8 Å². The zero-order valence-electron chi connectivity index (χ0n) is 13.5. The minimum absolute atomic E-state index is 0.0853. The standard InChI is InChI=1S/C17H25NO3/c1-12(2)11-18-17(19)9-7-14-6-8-15(21-13(3)4)16(10-14)20-5/h6-10,12-13H,11H2,1-5H3,(H,18,19)/b9-7+. The minimum Gasteiger partial charge on any atom is -0.493 e. The largest absolute Gasteiger partial charge is 0.493 e. The molecule has 0 atom stereocenters. The van der Waals surface area contributed by atoms with Crippen LogP contribution in [0.25, 0.3) is 6.08 Å². The molecule has 1 aromatic rings. The van der Waals surface area contributed by atoms with E-state index in [2.05, 4.69) is 19.2 Å². The summed E-state index contributed by atoms with van der Waals surface area (Å²) in [4.78, 5) is 11.6. The molecule has 0 fully saturated rings. The molecule has 21 heavy (non-hydrogen) atoms. The Bertz CT molecular complexity index is 493. The van der Waals surface area contributed by atoms with Crippen molar-refractivity contribution < 1.29 is 14.3 Å². The molecule has 4 nitrogen and oxygen atoms in total. The molecular formula is C17H25NO3. The summed E-state index contributed by atoms with van der Waals surface area (Å²) in [6, 6.07) is 5.60. The predicted octanol–water partition coefficient (Wildman–Crippen LogP) is 3.27. The minimum atomic E-state index is -0.0924. The topological polar surface area (TPSA) is 47.6 Å². The fraction of sp³-hybridized carbons (Fsp3) is 0.471. The molecule has 0 saturated heterocycles. The molecule has 0 saturated carbocycles. The Balaban J connectivity index is 2.73. The van der Waals surface area contributed by atoms with E-state index in [1.165, 1.54) is 6.08 Å². The lowest BCUT2D eigenvalue weighted by Crippen LogP contribution is -2.25. The highest BCUT2D eigenvalue weighted by Gasteiger charge is 2.06. The van der Waals surface area contributed by atoms with Crippen molar-refractivity contribution >= 4 is 12.0 Å². The van der Waals surface area contributed by atoms with Gasteiger partial charge in [-0.1, -0.05) is 19.9 Å². The van der Waals surface area contributed by atoms with Crippen LogP contribution >= 0.6 is 0 Å². The van der Waals surface area contributed by atoms with E-state index >= 15 is 0 Å². The first kappa shape index (κ1) is 17.1. The Morgan fingerprint density at radius 1 is 1.24 bits per heavy atom. The van der Waals surface area contributed by atoms with Crippen molar-refractivity contribution in [1.82, 2.24) is 5.32 Å². The van der Waals surface area contributed by atoms with Gasteiger partial charge in [-0.3, -0.25) is 4.79 Å². The number of carbonyl (C=O) groups is 1. The van der Waals surface area contributed by atoms with Crippen LogP contribution in [0.15, 0.2) is 24.3 Å². The maximum absolute atomic E-state index is 11.6. The molecule has 0 unspecified atom stereocenters. The van der Waals surface area contributed by atoms with E-state index in [0.29, 0.717) is 24.0 Å². The van der Waals surface area contributed by atoms with E-state index in [4.69, 9.17) is 9.47 Å². The highest BCUT2D eigenvalue weighted by Crippen LogP contribution is 2.29. The van der Waals surface area contributed by atoms with Crippen molar-refractivity contribution in [2.24, 2.45) is 5.92 Å². The number of rotatable bonds is 7. The normalized spacial score (nSPS) is 11.2. The zero-order valence-corrected chi connectivity index (χ0v) is 13.5. The van der Waals surface area contributed by atoms with E-state index in [1.54, 1.807) is 13.2 Å². The molecule has 0 bridgehead atoms. The van der Waals surface area contributed by atoms with Crippen LogP contribution in [0.2, 0.25) is 0 Å². The summed E-state index contributed by atoms with van der Waals surface area (Å²) < 4.78 is 11.0. The first-order valence-corrected chi connectivity index (χ1v) is 7.23. The van der Waals surface area contributed by atoms with Crippen molar-refractivity contribution in [1.29, 1.82) is 0 Å². The fourth-order valence-electron chi connectivity index (χ4n) is 1.67. The monoisotopic (exact) mass is 291 g/mol. The van der Waals surface area contributed by atoms with Gasteiger partial charge in [0.25, 0.3) is 0 Å². The van der Waals surface area contributed by atoms with E-state index in [1.807, 2.05) is 32.0 Å². The van der Waals surface area contributed by atoms with Crippen molar-refractivity contribution in [2.75, 3.05) is 13.7 Å². The van der Waals surface area contributed by atoms with Crippen LogP contribution in [0, 0.1) is 5.92 Å². The van der Waals surface area contributed by atoms with Crippen LogP contribution in [-0.2, 0) is 4.79 Å². The van der Waals surface area contributed by atoms with Gasteiger partial charge in [-0.05, 0) is 43.5 Å². The van der Waals surface area contributed by atoms with E-state index < -0.39 is 0 Å². The molecule has 1 rings (SSSR count). The Morgan fingerprint density at radius 2 is 1.95 bits per heavy atom. The SMILES string of the molecule is COc1cc(/C=C/C(=O)NCC(C)C)ccc1OC(C)C. The number of ether oxygens (including phenoxy) is 2. The van der Waals surface area contributed by atoms with Crippen molar-refractivity contribution in [2.45, 2.75) is 33.8 Å². The second kappa shape index (κ2) is 8.35. The summed E-state index contributed by atoms with van der Waals surface area (Å²) in [6.45, 7) is 8.72. The lowest BCUT2D eigenvalue weighted by atomic mass is 10.2. The summed E-state index contributed by atoms with van der Waals surface area (Å²) in [7, 11) is 1.60.